The molecule has 0 saturated carbocycles. The molecule has 2 aliphatic heterocycles. The highest BCUT2D eigenvalue weighted by molar-refractivity contribution is 6.34. The van der Waals surface area contributed by atoms with E-state index in [1.807, 2.05) is 32.6 Å². The number of carbonyl (C=O) groups is 2. The number of fused-ring (bicyclic) bond motifs is 5. The van der Waals surface area contributed by atoms with Gasteiger partial charge < -0.3 is 19.8 Å². The van der Waals surface area contributed by atoms with Crippen LogP contribution in [-0.4, -0.2) is 68.6 Å². The van der Waals surface area contributed by atoms with Crippen LogP contribution in [0.25, 0.3) is 28.0 Å². The minimum atomic E-state index is -0.736. The maximum Gasteiger partial charge on any atom is 0.283 e. The number of hydrogen-bond donors (Lipinski definition) is 1. The van der Waals surface area contributed by atoms with E-state index in [0.29, 0.717) is 29.0 Å². The fourth-order valence-corrected chi connectivity index (χ4v) is 7.00. The monoisotopic (exact) mass is 644 g/mol. The molecule has 0 bridgehead atoms. The topological polar surface area (TPSA) is 112 Å². The number of aryl methyl sites for hydroxylation is 1. The summed E-state index contributed by atoms with van der Waals surface area (Å²) in [6.45, 7) is 11.9. The highest BCUT2D eigenvalue weighted by atomic mass is 35.5. The molecule has 6 rings (SSSR count). The number of phenols is 1. The van der Waals surface area contributed by atoms with Crippen LogP contribution in [0.3, 0.4) is 0 Å². The number of phenolic OH excluding ortho intramolecular Hbond substituents is 1. The summed E-state index contributed by atoms with van der Waals surface area (Å²) >= 11 is 6.87. The summed E-state index contributed by atoms with van der Waals surface area (Å²) < 4.78 is 16.7. The number of aromatic hydroxyl groups is 1. The molecule has 2 aliphatic rings. The molecule has 1 saturated heterocycles. The highest BCUT2D eigenvalue weighted by Gasteiger charge is 2.42. The van der Waals surface area contributed by atoms with Crippen molar-refractivity contribution in [3.63, 3.8) is 0 Å². The van der Waals surface area contributed by atoms with Gasteiger partial charge in [-0.05, 0) is 55.7 Å². The molecule has 0 unspecified atom stereocenters. The van der Waals surface area contributed by atoms with Gasteiger partial charge in [0.2, 0.25) is 11.8 Å². The molecule has 10 nitrogen and oxygen atoms in total. The molecule has 2 amide bonds. The van der Waals surface area contributed by atoms with Crippen molar-refractivity contribution in [2.24, 2.45) is 0 Å². The zero-order chi connectivity index (χ0) is 33.2. The van der Waals surface area contributed by atoms with Crippen LogP contribution in [0.15, 0.2) is 54.0 Å². The van der Waals surface area contributed by atoms with Crippen LogP contribution in [0, 0.1) is 12.7 Å². The van der Waals surface area contributed by atoms with Gasteiger partial charge >= 0.3 is 0 Å². The van der Waals surface area contributed by atoms with E-state index in [2.05, 4.69) is 11.6 Å². The summed E-state index contributed by atoms with van der Waals surface area (Å²) in [7, 11) is 1.56. The van der Waals surface area contributed by atoms with Gasteiger partial charge in [0.1, 0.15) is 17.3 Å². The Kier molecular flexibility index (Phi) is 7.84. The van der Waals surface area contributed by atoms with Crippen LogP contribution in [0.4, 0.5) is 15.8 Å². The van der Waals surface area contributed by atoms with Crippen LogP contribution in [-0.2, 0) is 9.59 Å². The largest absolute Gasteiger partial charge is 0.507 e. The molecule has 3 aromatic heterocycles. The lowest BCUT2D eigenvalue weighted by Gasteiger charge is -2.46. The number of pyridine rings is 3. The molecule has 2 atom stereocenters. The smallest absolute Gasteiger partial charge is 0.283 e. The van der Waals surface area contributed by atoms with Crippen LogP contribution in [0.5, 0.6) is 5.75 Å². The summed E-state index contributed by atoms with van der Waals surface area (Å²) in [5.41, 5.74) is 1.81. The van der Waals surface area contributed by atoms with Crippen LogP contribution < -0.4 is 15.4 Å². The minimum absolute atomic E-state index is 0.0372. The number of benzene rings is 1. The molecule has 5 heterocycles. The van der Waals surface area contributed by atoms with Crippen molar-refractivity contribution in [1.82, 2.24) is 19.4 Å². The van der Waals surface area contributed by atoms with Crippen molar-refractivity contribution < 1.29 is 19.1 Å². The summed E-state index contributed by atoms with van der Waals surface area (Å²) in [4.78, 5) is 55.9. The second-order valence-electron chi connectivity index (χ2n) is 12.2. The predicted molar refractivity (Wildman–Crippen MR) is 177 cm³/mol. The lowest BCUT2D eigenvalue weighted by molar-refractivity contribution is -0.128. The summed E-state index contributed by atoms with van der Waals surface area (Å²) in [6, 6.07) is 6.51. The van der Waals surface area contributed by atoms with Crippen LogP contribution >= 0.6 is 11.6 Å². The first-order valence-corrected chi connectivity index (χ1v) is 15.4. The molecular formula is C34H34ClFN6O4. The Labute approximate surface area is 270 Å². The molecule has 238 valence electrons. The summed E-state index contributed by atoms with van der Waals surface area (Å²) in [5.74, 6) is -1.74. The second-order valence-corrected chi connectivity index (χ2v) is 12.6. The normalized spacial score (nSPS) is 18.1. The Balaban J connectivity index is 1.79. The second kappa shape index (κ2) is 11.5. The number of aromatic nitrogens is 3. The summed E-state index contributed by atoms with van der Waals surface area (Å²) in [5, 5.41) is 11.2. The van der Waals surface area contributed by atoms with Gasteiger partial charge in [-0.25, -0.2) is 9.37 Å². The Hall–Kier alpha value is -4.77. The van der Waals surface area contributed by atoms with Crippen LogP contribution in [0.1, 0.15) is 44.4 Å². The molecule has 0 radical (unpaired) electrons. The van der Waals surface area contributed by atoms with E-state index in [1.54, 1.807) is 30.3 Å². The third-order valence-corrected chi connectivity index (χ3v) is 9.14. The fraction of sp³-hybridized carbons (Fsp3) is 0.324. The molecule has 0 aliphatic carbocycles. The maximum absolute atomic E-state index is 15.2. The Morgan fingerprint density at radius 3 is 2.59 bits per heavy atom. The number of amides is 2. The Morgan fingerprint density at radius 1 is 1.17 bits per heavy atom. The standard InChI is InChI=1S/C34H34ClFN6O4/c1-7-25(44)40-15-19(5)41-20(16-40)13-26(45)39(6)32-31(41)21-14-22(35)29(27-23(36)9-8-10-24(27)43)38-33(21)42(34(32)46)30-18(4)11-12-37-28(30)17(2)3/h7-12,14,17,19-20,43H,1,13,15-16H2,2-6H3/t19-,20-/m0/s1. The van der Waals surface area contributed by atoms with E-state index in [-0.39, 0.29) is 70.1 Å². The highest BCUT2D eigenvalue weighted by Crippen LogP contribution is 2.45. The maximum atomic E-state index is 15.2. The van der Waals surface area contributed by atoms with Gasteiger partial charge in [-0.1, -0.05) is 38.1 Å². The molecule has 1 aromatic carbocycles. The third-order valence-electron chi connectivity index (χ3n) is 8.85. The van der Waals surface area contributed by atoms with Crippen molar-refractivity contribution in [3.05, 3.63) is 81.6 Å². The Bertz CT molecular complexity index is 1990. The van der Waals surface area contributed by atoms with E-state index >= 15 is 4.39 Å². The molecule has 1 N–H and O–H groups in total. The molecule has 0 spiro atoms. The SMILES string of the molecule is C=CC(=O)N1C[C@@H]2CC(=O)N(C)c3c(c4cc(Cl)c(-c5c(O)cccc5F)nc4n(-c4c(C)ccnc4C(C)C)c3=O)N2[C@@H](C)C1. The number of anilines is 2. The predicted octanol–water partition coefficient (Wildman–Crippen LogP) is 5.34. The van der Waals surface area contributed by atoms with E-state index in [9.17, 15) is 19.5 Å². The fourth-order valence-electron chi connectivity index (χ4n) is 6.76. The van der Waals surface area contributed by atoms with Crippen molar-refractivity contribution in [2.75, 3.05) is 29.9 Å². The molecule has 4 aromatic rings. The summed E-state index contributed by atoms with van der Waals surface area (Å²) in [6.07, 6.45) is 2.97. The molecule has 46 heavy (non-hydrogen) atoms. The third kappa shape index (κ3) is 4.81. The van der Waals surface area contributed by atoms with Gasteiger partial charge in [0.15, 0.2) is 5.65 Å². The molecule has 12 heteroatoms. The number of hydrogen-bond acceptors (Lipinski definition) is 7. The quantitative estimate of drug-likeness (QED) is 0.299. The zero-order valence-corrected chi connectivity index (χ0v) is 27.0. The van der Waals surface area contributed by atoms with Crippen molar-refractivity contribution in [3.8, 4) is 22.7 Å². The van der Waals surface area contributed by atoms with Crippen molar-refractivity contribution in [2.45, 2.75) is 52.1 Å². The van der Waals surface area contributed by atoms with E-state index < -0.39 is 17.4 Å². The van der Waals surface area contributed by atoms with Crippen molar-refractivity contribution >= 4 is 45.8 Å². The van der Waals surface area contributed by atoms with Gasteiger partial charge in [0.25, 0.3) is 5.56 Å². The van der Waals surface area contributed by atoms with E-state index in [1.165, 1.54) is 33.7 Å². The minimum Gasteiger partial charge on any atom is -0.507 e. The Morgan fingerprint density at radius 2 is 1.91 bits per heavy atom. The average Bonchev–Trinajstić information content (AvgIpc) is 3.11. The van der Waals surface area contributed by atoms with Gasteiger partial charge in [-0.3, -0.25) is 23.9 Å². The average molecular weight is 645 g/mol. The van der Waals surface area contributed by atoms with Crippen molar-refractivity contribution in [1.29, 1.82) is 0 Å². The lowest BCUT2D eigenvalue weighted by atomic mass is 10.0. The van der Waals surface area contributed by atoms with E-state index in [4.69, 9.17) is 16.6 Å². The number of piperazine rings is 1. The van der Waals surface area contributed by atoms with Gasteiger partial charge in [-0.2, -0.15) is 0 Å². The molecular weight excluding hydrogens is 611 g/mol. The first-order valence-electron chi connectivity index (χ1n) is 15.0. The number of nitrogens with zero attached hydrogens (tertiary/aromatic N) is 6. The van der Waals surface area contributed by atoms with Gasteiger partial charge in [0.05, 0.1) is 39.4 Å². The number of rotatable bonds is 4. The number of halogens is 2. The first-order chi connectivity index (χ1) is 21.8. The van der Waals surface area contributed by atoms with E-state index in [0.717, 1.165) is 5.56 Å². The van der Waals surface area contributed by atoms with Gasteiger partial charge in [-0.15, -0.1) is 0 Å². The van der Waals surface area contributed by atoms with Gasteiger partial charge in [0, 0.05) is 44.2 Å². The zero-order valence-electron chi connectivity index (χ0n) is 26.2. The molecule has 1 fully saturated rings. The lowest BCUT2D eigenvalue weighted by Crippen LogP contribution is -2.59. The first kappa shape index (κ1) is 31.2. The van der Waals surface area contributed by atoms with Crippen LogP contribution in [0.2, 0.25) is 5.02 Å². The number of carbonyl (C=O) groups excluding carboxylic acids is 2.